The summed E-state index contributed by atoms with van der Waals surface area (Å²) in [5.74, 6) is -1.52. The van der Waals surface area contributed by atoms with Crippen molar-refractivity contribution >= 4 is 28.8 Å². The molecule has 2 aliphatic heterocycles. The van der Waals surface area contributed by atoms with Crippen molar-refractivity contribution in [3.63, 3.8) is 0 Å². The maximum atomic E-state index is 13.3. The van der Waals surface area contributed by atoms with Crippen LogP contribution in [0.4, 0.5) is 11.4 Å². The summed E-state index contributed by atoms with van der Waals surface area (Å²) >= 11 is 0. The van der Waals surface area contributed by atoms with Gasteiger partial charge in [-0.2, -0.15) is 0 Å². The highest BCUT2D eigenvalue weighted by Crippen LogP contribution is 2.42. The molecule has 1 amide bonds. The minimum absolute atomic E-state index is 0.0835. The third-order valence-corrected chi connectivity index (χ3v) is 6.64. The van der Waals surface area contributed by atoms with Gasteiger partial charge in [0.2, 0.25) is 0 Å². The monoisotopic (exact) mass is 453 g/mol. The maximum absolute atomic E-state index is 13.3. The summed E-state index contributed by atoms with van der Waals surface area (Å²) in [4.78, 5) is 34.4. The van der Waals surface area contributed by atoms with E-state index >= 15 is 0 Å². The van der Waals surface area contributed by atoms with Gasteiger partial charge in [-0.1, -0.05) is 29.8 Å². The van der Waals surface area contributed by atoms with E-state index in [1.165, 1.54) is 24.2 Å². The van der Waals surface area contributed by atoms with Gasteiger partial charge in [-0.3, -0.25) is 19.5 Å². The first-order chi connectivity index (χ1) is 16.5. The molecule has 1 N–H and O–H groups in total. The maximum Gasteiger partial charge on any atom is 0.300 e. The molecule has 2 fully saturated rings. The minimum atomic E-state index is -0.745. The zero-order valence-corrected chi connectivity index (χ0v) is 19.1. The molecule has 0 radical (unpaired) electrons. The lowest BCUT2D eigenvalue weighted by Gasteiger charge is -2.30. The summed E-state index contributed by atoms with van der Waals surface area (Å²) in [6.45, 7) is 4.00. The molecule has 2 saturated heterocycles. The number of aromatic nitrogens is 1. The Balaban J connectivity index is 1.59. The van der Waals surface area contributed by atoms with Crippen LogP contribution in [-0.2, 0) is 9.59 Å². The third-order valence-electron chi connectivity index (χ3n) is 6.64. The van der Waals surface area contributed by atoms with Gasteiger partial charge in [0.05, 0.1) is 11.6 Å². The molecular weight excluding hydrogens is 426 g/mol. The summed E-state index contributed by atoms with van der Waals surface area (Å²) in [5.41, 5.74) is 4.07. The molecule has 0 spiro atoms. The molecular formula is C28H27N3O3. The van der Waals surface area contributed by atoms with Gasteiger partial charge in [-0.05, 0) is 68.1 Å². The third kappa shape index (κ3) is 3.96. The highest BCUT2D eigenvalue weighted by Gasteiger charge is 2.47. The van der Waals surface area contributed by atoms with Crippen molar-refractivity contribution in [2.45, 2.75) is 32.2 Å². The quantitative estimate of drug-likeness (QED) is 0.342. The Labute approximate surface area is 199 Å². The predicted molar refractivity (Wildman–Crippen MR) is 133 cm³/mol. The van der Waals surface area contributed by atoms with Crippen LogP contribution < -0.4 is 9.80 Å². The Morgan fingerprint density at radius 1 is 0.853 bits per heavy atom. The molecule has 1 aromatic heterocycles. The fourth-order valence-corrected chi connectivity index (χ4v) is 4.80. The van der Waals surface area contributed by atoms with Crippen molar-refractivity contribution in [3.05, 3.63) is 95.3 Å². The molecule has 6 nitrogen and oxygen atoms in total. The first kappa shape index (κ1) is 21.9. The molecule has 0 saturated carbocycles. The van der Waals surface area contributed by atoms with Gasteiger partial charge in [0, 0.05) is 42.4 Å². The molecule has 1 atom stereocenters. The number of Topliss-reactive ketones (excluding diaryl/α,β-unsaturated/α-hetero) is 1. The van der Waals surface area contributed by atoms with Crippen molar-refractivity contribution in [3.8, 4) is 0 Å². The lowest BCUT2D eigenvalue weighted by molar-refractivity contribution is -0.132. The zero-order valence-electron chi connectivity index (χ0n) is 19.1. The number of carbonyl (C=O) groups excluding carboxylic acids is 2. The van der Waals surface area contributed by atoms with Crippen molar-refractivity contribution in [2.24, 2.45) is 0 Å². The molecule has 6 heteroatoms. The standard InChI is InChI=1S/C28H27N3O3/c1-19-5-7-21(8-6-19)26(32)24-25(20-13-15-29-16-14-20)31(28(34)27(24)33)23-11-9-22(10-12-23)30-17-3-2-4-18-30/h5-16,25,32H,2-4,17-18H2,1H3/b26-24+. The highest BCUT2D eigenvalue weighted by atomic mass is 16.3. The van der Waals surface area contributed by atoms with Gasteiger partial charge in [0.25, 0.3) is 11.7 Å². The fraction of sp³-hybridized carbons (Fsp3) is 0.250. The molecule has 5 rings (SSSR count). The van der Waals surface area contributed by atoms with Crippen LogP contribution in [0, 0.1) is 6.92 Å². The first-order valence-corrected chi connectivity index (χ1v) is 11.7. The molecule has 1 unspecified atom stereocenters. The van der Waals surface area contributed by atoms with Crippen LogP contribution >= 0.6 is 0 Å². The molecule has 0 bridgehead atoms. The number of aliphatic hydroxyl groups excluding tert-OH is 1. The van der Waals surface area contributed by atoms with Crippen molar-refractivity contribution in [1.82, 2.24) is 4.98 Å². The smallest absolute Gasteiger partial charge is 0.300 e. The van der Waals surface area contributed by atoms with Gasteiger partial charge < -0.3 is 10.0 Å². The molecule has 172 valence electrons. The molecule has 0 aliphatic carbocycles. The van der Waals surface area contributed by atoms with E-state index in [4.69, 9.17) is 0 Å². The second-order valence-electron chi connectivity index (χ2n) is 8.88. The summed E-state index contributed by atoms with van der Waals surface area (Å²) in [6, 6.07) is 17.8. The number of aliphatic hydroxyl groups is 1. The molecule has 2 aliphatic rings. The number of hydrogen-bond donors (Lipinski definition) is 1. The Kier molecular flexibility index (Phi) is 5.88. The SMILES string of the molecule is Cc1ccc(/C(O)=C2\C(=O)C(=O)N(c3ccc(N4CCCCC4)cc3)C2c2ccncc2)cc1. The number of benzene rings is 2. The van der Waals surface area contributed by atoms with Crippen LogP contribution in [0.5, 0.6) is 0 Å². The van der Waals surface area contributed by atoms with Gasteiger partial charge in [0.15, 0.2) is 0 Å². The Hall–Kier alpha value is -3.93. The molecule has 3 heterocycles. The number of ketones is 1. The minimum Gasteiger partial charge on any atom is -0.507 e. The van der Waals surface area contributed by atoms with E-state index in [2.05, 4.69) is 9.88 Å². The summed E-state index contributed by atoms with van der Waals surface area (Å²) in [6.07, 6.45) is 6.86. The molecule has 34 heavy (non-hydrogen) atoms. The lowest BCUT2D eigenvalue weighted by Crippen LogP contribution is -2.30. The number of carbonyl (C=O) groups is 2. The van der Waals surface area contributed by atoms with E-state index in [1.54, 1.807) is 36.7 Å². The van der Waals surface area contributed by atoms with Crippen LogP contribution in [-0.4, -0.2) is 34.9 Å². The summed E-state index contributed by atoms with van der Waals surface area (Å²) < 4.78 is 0. The van der Waals surface area contributed by atoms with Crippen molar-refractivity contribution in [1.29, 1.82) is 0 Å². The summed E-state index contributed by atoms with van der Waals surface area (Å²) in [5, 5.41) is 11.2. The van der Waals surface area contributed by atoms with Gasteiger partial charge in [0.1, 0.15) is 5.76 Å². The van der Waals surface area contributed by atoms with E-state index in [-0.39, 0.29) is 11.3 Å². The number of amides is 1. The lowest BCUT2D eigenvalue weighted by atomic mass is 9.95. The fourth-order valence-electron chi connectivity index (χ4n) is 4.80. The molecule has 2 aromatic carbocycles. The van der Waals surface area contributed by atoms with Gasteiger partial charge in [-0.25, -0.2) is 0 Å². The average Bonchev–Trinajstić information content (AvgIpc) is 3.15. The number of rotatable bonds is 4. The summed E-state index contributed by atoms with van der Waals surface area (Å²) in [7, 11) is 0. The number of pyridine rings is 1. The van der Waals surface area contributed by atoms with Crippen LogP contribution in [0.1, 0.15) is 42.0 Å². The van der Waals surface area contributed by atoms with Gasteiger partial charge in [-0.15, -0.1) is 0 Å². The highest BCUT2D eigenvalue weighted by molar-refractivity contribution is 6.51. The van der Waals surface area contributed by atoms with Crippen LogP contribution in [0.2, 0.25) is 0 Å². The van der Waals surface area contributed by atoms with Crippen LogP contribution in [0.15, 0.2) is 78.6 Å². The van der Waals surface area contributed by atoms with E-state index < -0.39 is 17.7 Å². The Morgan fingerprint density at radius 3 is 2.12 bits per heavy atom. The Bertz CT molecular complexity index is 1230. The van der Waals surface area contributed by atoms with Crippen molar-refractivity contribution < 1.29 is 14.7 Å². The number of anilines is 2. The number of hydrogen-bond acceptors (Lipinski definition) is 5. The van der Waals surface area contributed by atoms with Gasteiger partial charge >= 0.3 is 0 Å². The van der Waals surface area contributed by atoms with E-state index in [1.807, 2.05) is 43.3 Å². The zero-order chi connectivity index (χ0) is 23.7. The van der Waals surface area contributed by atoms with E-state index in [0.29, 0.717) is 16.8 Å². The molecule has 3 aromatic rings. The number of piperidine rings is 1. The average molecular weight is 454 g/mol. The van der Waals surface area contributed by atoms with E-state index in [0.717, 1.165) is 24.3 Å². The second kappa shape index (κ2) is 9.14. The predicted octanol–water partition coefficient (Wildman–Crippen LogP) is 5.01. The van der Waals surface area contributed by atoms with Crippen LogP contribution in [0.3, 0.4) is 0 Å². The van der Waals surface area contributed by atoms with E-state index in [9.17, 15) is 14.7 Å². The first-order valence-electron chi connectivity index (χ1n) is 11.7. The number of nitrogens with zero attached hydrogens (tertiary/aromatic N) is 3. The normalized spacial score (nSPS) is 20.1. The Morgan fingerprint density at radius 2 is 1.47 bits per heavy atom. The topological polar surface area (TPSA) is 73.7 Å². The largest absolute Gasteiger partial charge is 0.507 e. The van der Waals surface area contributed by atoms with Crippen molar-refractivity contribution in [2.75, 3.05) is 22.9 Å². The number of aryl methyl sites for hydroxylation is 1. The van der Waals surface area contributed by atoms with Crippen LogP contribution in [0.25, 0.3) is 5.76 Å². The second-order valence-corrected chi connectivity index (χ2v) is 8.88.